The number of hydrogen-bond acceptors (Lipinski definition) is 5. The molecule has 0 radical (unpaired) electrons. The Balaban J connectivity index is 1.31. The minimum absolute atomic E-state index is 0.00176. The van der Waals surface area contributed by atoms with Crippen molar-refractivity contribution in [2.75, 3.05) is 13.1 Å². The van der Waals surface area contributed by atoms with E-state index < -0.39 is 0 Å². The first kappa shape index (κ1) is 15.7. The van der Waals surface area contributed by atoms with Gasteiger partial charge in [-0.1, -0.05) is 23.5 Å². The lowest BCUT2D eigenvalue weighted by Crippen LogP contribution is -2.36. The Morgan fingerprint density at radius 2 is 2.00 bits per heavy atom. The highest BCUT2D eigenvalue weighted by Gasteiger charge is 2.24. The van der Waals surface area contributed by atoms with E-state index in [9.17, 15) is 4.79 Å². The summed E-state index contributed by atoms with van der Waals surface area (Å²) in [5, 5.41) is 1.11. The quantitative estimate of drug-likeness (QED) is 0.606. The van der Waals surface area contributed by atoms with Crippen LogP contribution in [-0.2, 0) is 6.54 Å². The van der Waals surface area contributed by atoms with Crippen LogP contribution in [0.5, 0.6) is 0 Å². The van der Waals surface area contributed by atoms with Gasteiger partial charge in [-0.15, -0.1) is 0 Å². The van der Waals surface area contributed by atoms with Crippen LogP contribution in [-0.4, -0.2) is 37.5 Å². The molecule has 1 aliphatic rings. The fourth-order valence-electron chi connectivity index (χ4n) is 3.85. The molecule has 1 fully saturated rings. The highest BCUT2D eigenvalue weighted by Crippen LogP contribution is 2.27. The summed E-state index contributed by atoms with van der Waals surface area (Å²) in [6.07, 6.45) is 3.77. The smallest absolute Gasteiger partial charge is 0.306 e. The van der Waals surface area contributed by atoms with Gasteiger partial charge in [0.15, 0.2) is 0 Å². The van der Waals surface area contributed by atoms with E-state index in [0.717, 1.165) is 58.9 Å². The van der Waals surface area contributed by atoms with Crippen molar-refractivity contribution in [1.29, 1.82) is 0 Å². The van der Waals surface area contributed by atoms with E-state index in [1.165, 1.54) is 0 Å². The zero-order valence-electron chi connectivity index (χ0n) is 14.3. The largest absolute Gasteiger partial charge is 0.326 e. The second-order valence-corrected chi connectivity index (χ2v) is 7.82. The number of hydrogen-bond donors (Lipinski definition) is 1. The van der Waals surface area contributed by atoms with Crippen molar-refractivity contribution in [3.63, 3.8) is 0 Å². The molecule has 26 heavy (non-hydrogen) atoms. The molecule has 0 bridgehead atoms. The van der Waals surface area contributed by atoms with Crippen molar-refractivity contribution in [2.45, 2.75) is 25.4 Å². The Bertz CT molecular complexity index is 1090. The molecule has 4 heterocycles. The van der Waals surface area contributed by atoms with Gasteiger partial charge in [-0.2, -0.15) is 0 Å². The van der Waals surface area contributed by atoms with Crippen molar-refractivity contribution < 1.29 is 0 Å². The number of pyridine rings is 1. The molecule has 1 aromatic carbocycles. The molecule has 132 valence electrons. The standard InChI is InChI=1S/C19H19N5OS/c25-19-22-14-4-1-2-6-16(14)24(19)13-7-10-23(11-8-13)12-17-21-15-5-3-9-20-18(15)26-17/h1-6,9,13H,7-8,10-12H2,(H,22,25). The van der Waals surface area contributed by atoms with Gasteiger partial charge in [-0.25, -0.2) is 14.8 Å². The van der Waals surface area contributed by atoms with Crippen LogP contribution in [0.15, 0.2) is 47.4 Å². The predicted molar refractivity (Wildman–Crippen MR) is 104 cm³/mol. The van der Waals surface area contributed by atoms with Crippen LogP contribution in [0.4, 0.5) is 0 Å². The molecule has 0 aliphatic carbocycles. The molecular formula is C19H19N5OS. The molecule has 6 nitrogen and oxygen atoms in total. The predicted octanol–water partition coefficient (Wildman–Crippen LogP) is 3.17. The van der Waals surface area contributed by atoms with Crippen molar-refractivity contribution in [1.82, 2.24) is 24.4 Å². The van der Waals surface area contributed by atoms with E-state index in [1.807, 2.05) is 47.2 Å². The molecule has 0 atom stereocenters. The van der Waals surface area contributed by atoms with E-state index >= 15 is 0 Å². The van der Waals surface area contributed by atoms with E-state index in [4.69, 9.17) is 0 Å². The van der Waals surface area contributed by atoms with Gasteiger partial charge in [0.05, 0.1) is 17.6 Å². The Morgan fingerprint density at radius 1 is 1.15 bits per heavy atom. The third-order valence-corrected chi connectivity index (χ3v) is 6.08. The van der Waals surface area contributed by atoms with Gasteiger partial charge in [0.2, 0.25) is 0 Å². The molecule has 0 amide bonds. The number of fused-ring (bicyclic) bond motifs is 2. The number of H-pyrrole nitrogens is 1. The van der Waals surface area contributed by atoms with Gasteiger partial charge < -0.3 is 4.98 Å². The third kappa shape index (κ3) is 2.73. The highest BCUT2D eigenvalue weighted by molar-refractivity contribution is 7.18. The van der Waals surface area contributed by atoms with Crippen LogP contribution in [0.3, 0.4) is 0 Å². The van der Waals surface area contributed by atoms with Crippen molar-refractivity contribution in [3.8, 4) is 0 Å². The minimum atomic E-state index is 0.00176. The van der Waals surface area contributed by atoms with Gasteiger partial charge in [0, 0.05) is 25.3 Å². The second-order valence-electron chi connectivity index (χ2n) is 6.76. The molecule has 4 aromatic rings. The maximum atomic E-state index is 12.4. The number of nitrogens with zero attached hydrogens (tertiary/aromatic N) is 4. The molecule has 1 aliphatic heterocycles. The number of imidazole rings is 1. The molecule has 0 spiro atoms. The average Bonchev–Trinajstić information content (AvgIpc) is 3.21. The zero-order chi connectivity index (χ0) is 17.5. The number of likely N-dealkylation sites (tertiary alicyclic amines) is 1. The average molecular weight is 365 g/mol. The summed E-state index contributed by atoms with van der Waals surface area (Å²) in [7, 11) is 0. The summed E-state index contributed by atoms with van der Waals surface area (Å²) in [4.78, 5) is 27.8. The number of para-hydroxylation sites is 2. The van der Waals surface area contributed by atoms with Crippen LogP contribution in [0.25, 0.3) is 21.4 Å². The highest BCUT2D eigenvalue weighted by atomic mass is 32.1. The Labute approximate surface area is 154 Å². The van der Waals surface area contributed by atoms with E-state index in [0.29, 0.717) is 0 Å². The van der Waals surface area contributed by atoms with Gasteiger partial charge in [-0.3, -0.25) is 9.47 Å². The lowest BCUT2D eigenvalue weighted by Gasteiger charge is -2.31. The number of thiazole rings is 1. The fraction of sp³-hybridized carbons (Fsp3) is 0.316. The lowest BCUT2D eigenvalue weighted by atomic mass is 10.0. The molecule has 0 unspecified atom stereocenters. The maximum absolute atomic E-state index is 12.4. The van der Waals surface area contributed by atoms with E-state index in [-0.39, 0.29) is 11.7 Å². The first-order chi connectivity index (χ1) is 12.8. The molecule has 1 N–H and O–H groups in total. The number of rotatable bonds is 3. The van der Waals surface area contributed by atoms with Gasteiger partial charge in [0.25, 0.3) is 0 Å². The Morgan fingerprint density at radius 3 is 2.85 bits per heavy atom. The van der Waals surface area contributed by atoms with Crippen LogP contribution in [0, 0.1) is 0 Å². The molecule has 1 saturated heterocycles. The minimum Gasteiger partial charge on any atom is -0.306 e. The Hall–Kier alpha value is -2.51. The van der Waals surface area contributed by atoms with E-state index in [1.54, 1.807) is 11.3 Å². The van der Waals surface area contributed by atoms with Crippen LogP contribution >= 0.6 is 11.3 Å². The fourth-order valence-corrected chi connectivity index (χ4v) is 4.79. The van der Waals surface area contributed by atoms with Crippen molar-refractivity contribution >= 4 is 32.7 Å². The summed E-state index contributed by atoms with van der Waals surface area (Å²) in [5.74, 6) is 0. The number of aromatic amines is 1. The molecule has 7 heteroatoms. The topological polar surface area (TPSA) is 66.8 Å². The third-order valence-electron chi connectivity index (χ3n) is 5.12. The SMILES string of the molecule is O=c1[nH]c2ccccc2n1C1CCN(Cc2nc3cccnc3s2)CC1. The lowest BCUT2D eigenvalue weighted by molar-refractivity contribution is 0.180. The Kier molecular flexibility index (Phi) is 3.83. The number of piperidine rings is 1. The second kappa shape index (κ2) is 6.34. The van der Waals surface area contributed by atoms with Gasteiger partial charge >= 0.3 is 5.69 Å². The summed E-state index contributed by atoms with van der Waals surface area (Å²) >= 11 is 1.67. The molecular weight excluding hydrogens is 346 g/mol. The monoisotopic (exact) mass is 365 g/mol. The van der Waals surface area contributed by atoms with Gasteiger partial charge in [0.1, 0.15) is 15.4 Å². The molecule has 0 saturated carbocycles. The summed E-state index contributed by atoms with van der Waals surface area (Å²) in [6, 6.07) is 12.1. The summed E-state index contributed by atoms with van der Waals surface area (Å²) in [6.45, 7) is 2.80. The number of benzene rings is 1. The van der Waals surface area contributed by atoms with Crippen LogP contribution in [0.1, 0.15) is 23.9 Å². The molecule has 5 rings (SSSR count). The molecule has 3 aromatic heterocycles. The summed E-state index contributed by atoms with van der Waals surface area (Å²) in [5.41, 5.74) is 2.91. The first-order valence-corrected chi connectivity index (χ1v) is 9.71. The zero-order valence-corrected chi connectivity index (χ0v) is 15.1. The first-order valence-electron chi connectivity index (χ1n) is 8.90. The van der Waals surface area contributed by atoms with E-state index in [2.05, 4.69) is 19.9 Å². The number of aromatic nitrogens is 4. The van der Waals surface area contributed by atoms with Gasteiger partial charge in [-0.05, 0) is 37.1 Å². The van der Waals surface area contributed by atoms with Crippen molar-refractivity contribution in [3.05, 3.63) is 58.1 Å². The van der Waals surface area contributed by atoms with Crippen molar-refractivity contribution in [2.24, 2.45) is 0 Å². The normalized spacial score (nSPS) is 16.6. The number of nitrogens with one attached hydrogen (secondary N) is 1. The van der Waals surface area contributed by atoms with Crippen LogP contribution in [0.2, 0.25) is 0 Å². The maximum Gasteiger partial charge on any atom is 0.326 e. The van der Waals surface area contributed by atoms with Crippen LogP contribution < -0.4 is 5.69 Å². The summed E-state index contributed by atoms with van der Waals surface area (Å²) < 4.78 is 1.94.